The second-order valence-corrected chi connectivity index (χ2v) is 9.50. The SMILES string of the molecule is CC(F)(F)CN[C@H]1CC[C@H](COc2nc(Nc3ccc(N4CCOCC4)cc3)ncc2Cl)CC1. The van der Waals surface area contributed by atoms with Crippen LogP contribution in [0.15, 0.2) is 30.5 Å². The Morgan fingerprint density at radius 3 is 2.53 bits per heavy atom. The summed E-state index contributed by atoms with van der Waals surface area (Å²) in [7, 11) is 0. The monoisotopic (exact) mass is 495 g/mol. The molecule has 4 rings (SSSR count). The van der Waals surface area contributed by atoms with Crippen LogP contribution >= 0.6 is 11.6 Å². The molecule has 2 aromatic rings. The molecule has 186 valence electrons. The van der Waals surface area contributed by atoms with Gasteiger partial charge in [0.15, 0.2) is 0 Å². The van der Waals surface area contributed by atoms with E-state index in [0.29, 0.717) is 29.4 Å². The Labute approximate surface area is 204 Å². The van der Waals surface area contributed by atoms with Crippen LogP contribution in [0, 0.1) is 5.92 Å². The first-order chi connectivity index (χ1) is 16.4. The van der Waals surface area contributed by atoms with Crippen LogP contribution in [-0.2, 0) is 4.74 Å². The number of ether oxygens (including phenoxy) is 2. The molecule has 1 saturated heterocycles. The van der Waals surface area contributed by atoms with Crippen LogP contribution in [0.3, 0.4) is 0 Å². The molecule has 0 bridgehead atoms. The van der Waals surface area contributed by atoms with Gasteiger partial charge in [-0.05, 0) is 55.9 Å². The minimum absolute atomic E-state index is 0.134. The van der Waals surface area contributed by atoms with Crippen molar-refractivity contribution in [3.05, 3.63) is 35.5 Å². The van der Waals surface area contributed by atoms with E-state index in [-0.39, 0.29) is 12.6 Å². The summed E-state index contributed by atoms with van der Waals surface area (Å²) >= 11 is 6.26. The van der Waals surface area contributed by atoms with E-state index in [1.165, 1.54) is 6.20 Å². The first-order valence-electron chi connectivity index (χ1n) is 11.8. The van der Waals surface area contributed by atoms with Crippen molar-refractivity contribution in [1.29, 1.82) is 0 Å². The van der Waals surface area contributed by atoms with Crippen molar-refractivity contribution < 1.29 is 18.3 Å². The number of aromatic nitrogens is 2. The second-order valence-electron chi connectivity index (χ2n) is 9.10. The molecule has 2 aliphatic rings. The van der Waals surface area contributed by atoms with Gasteiger partial charge in [-0.3, -0.25) is 0 Å². The van der Waals surface area contributed by atoms with Crippen LogP contribution in [0.1, 0.15) is 32.6 Å². The van der Waals surface area contributed by atoms with Crippen LogP contribution in [0.5, 0.6) is 5.88 Å². The molecule has 7 nitrogen and oxygen atoms in total. The van der Waals surface area contributed by atoms with Crippen molar-refractivity contribution in [2.24, 2.45) is 5.92 Å². The molecule has 1 aliphatic heterocycles. The Hall–Kier alpha value is -2.23. The van der Waals surface area contributed by atoms with Gasteiger partial charge in [-0.15, -0.1) is 0 Å². The van der Waals surface area contributed by atoms with Crippen molar-refractivity contribution in [2.45, 2.75) is 44.6 Å². The first kappa shape index (κ1) is 24.9. The summed E-state index contributed by atoms with van der Waals surface area (Å²) in [6.45, 7) is 4.42. The van der Waals surface area contributed by atoms with Crippen molar-refractivity contribution in [3.63, 3.8) is 0 Å². The highest BCUT2D eigenvalue weighted by Crippen LogP contribution is 2.29. The fraction of sp³-hybridized carbons (Fsp3) is 0.583. The largest absolute Gasteiger partial charge is 0.476 e. The van der Waals surface area contributed by atoms with E-state index in [1.54, 1.807) is 0 Å². The molecular formula is C24H32ClF2N5O2. The molecule has 0 spiro atoms. The zero-order valence-corrected chi connectivity index (χ0v) is 20.2. The zero-order chi connectivity index (χ0) is 24.0. The molecule has 2 N–H and O–H groups in total. The topological polar surface area (TPSA) is 71.5 Å². The summed E-state index contributed by atoms with van der Waals surface area (Å²) in [5.74, 6) is -1.59. The number of rotatable bonds is 9. The Morgan fingerprint density at radius 1 is 1.15 bits per heavy atom. The van der Waals surface area contributed by atoms with Gasteiger partial charge in [-0.1, -0.05) is 11.6 Å². The third-order valence-electron chi connectivity index (χ3n) is 6.22. The number of hydrogen-bond donors (Lipinski definition) is 2. The molecule has 10 heteroatoms. The summed E-state index contributed by atoms with van der Waals surface area (Å²) in [6, 6.07) is 8.24. The lowest BCUT2D eigenvalue weighted by Crippen LogP contribution is -2.40. The molecule has 0 radical (unpaired) electrons. The highest BCUT2D eigenvalue weighted by Gasteiger charge is 2.26. The van der Waals surface area contributed by atoms with Crippen LogP contribution in [0.2, 0.25) is 5.02 Å². The number of alkyl halides is 2. The highest BCUT2D eigenvalue weighted by atomic mass is 35.5. The Kier molecular flexibility index (Phi) is 8.39. The van der Waals surface area contributed by atoms with Gasteiger partial charge in [0.1, 0.15) is 5.02 Å². The summed E-state index contributed by atoms with van der Waals surface area (Å²) in [4.78, 5) is 11.0. The van der Waals surface area contributed by atoms with E-state index in [0.717, 1.165) is 70.3 Å². The smallest absolute Gasteiger partial charge is 0.257 e. The number of nitrogens with zero attached hydrogens (tertiary/aromatic N) is 3. The van der Waals surface area contributed by atoms with Crippen molar-refractivity contribution in [3.8, 4) is 5.88 Å². The number of anilines is 3. The normalized spacial score (nSPS) is 21.4. The van der Waals surface area contributed by atoms with Gasteiger partial charge in [0.2, 0.25) is 11.8 Å². The molecule has 1 aliphatic carbocycles. The average molecular weight is 496 g/mol. The quantitative estimate of drug-likeness (QED) is 0.513. The Bertz CT molecular complexity index is 915. The summed E-state index contributed by atoms with van der Waals surface area (Å²) in [6.07, 6.45) is 5.07. The lowest BCUT2D eigenvalue weighted by Gasteiger charge is -2.29. The summed E-state index contributed by atoms with van der Waals surface area (Å²) in [5, 5.41) is 6.52. The standard InChI is InChI=1S/C24H32ClF2N5O2/c1-24(26,27)16-29-18-4-2-17(3-5-18)15-34-22-21(25)14-28-23(31-22)30-19-6-8-20(9-7-19)32-10-12-33-13-11-32/h6-9,14,17-18,29H,2-5,10-13,15-16H2,1H3,(H,28,30,31)/t17-,18-. The molecule has 34 heavy (non-hydrogen) atoms. The third-order valence-corrected chi connectivity index (χ3v) is 6.47. The van der Waals surface area contributed by atoms with Gasteiger partial charge in [0.05, 0.1) is 32.6 Å². The van der Waals surface area contributed by atoms with Gasteiger partial charge in [0, 0.05) is 37.4 Å². The maximum atomic E-state index is 13.0. The van der Waals surface area contributed by atoms with Crippen LogP contribution in [0.25, 0.3) is 0 Å². The lowest BCUT2D eigenvalue weighted by atomic mass is 9.86. The molecular weight excluding hydrogens is 464 g/mol. The number of halogens is 3. The third kappa shape index (κ3) is 7.38. The summed E-state index contributed by atoms with van der Waals surface area (Å²) in [5.41, 5.74) is 2.02. The molecule has 0 unspecified atom stereocenters. The first-order valence-corrected chi connectivity index (χ1v) is 12.2. The van der Waals surface area contributed by atoms with Gasteiger partial charge < -0.3 is 25.0 Å². The maximum Gasteiger partial charge on any atom is 0.257 e. The number of nitrogens with one attached hydrogen (secondary N) is 2. The number of hydrogen-bond acceptors (Lipinski definition) is 7. The molecule has 1 saturated carbocycles. The van der Waals surface area contributed by atoms with E-state index >= 15 is 0 Å². The summed E-state index contributed by atoms with van der Waals surface area (Å²) < 4.78 is 37.4. The Balaban J connectivity index is 1.26. The Morgan fingerprint density at radius 2 is 1.85 bits per heavy atom. The molecule has 0 amide bonds. The number of benzene rings is 1. The van der Waals surface area contributed by atoms with Crippen molar-refractivity contribution in [1.82, 2.24) is 15.3 Å². The van der Waals surface area contributed by atoms with Gasteiger partial charge in [-0.25, -0.2) is 13.8 Å². The minimum Gasteiger partial charge on any atom is -0.476 e. The lowest BCUT2D eigenvalue weighted by molar-refractivity contribution is 0.0177. The van der Waals surface area contributed by atoms with E-state index in [1.807, 2.05) is 12.1 Å². The molecule has 1 aromatic heterocycles. The second kappa shape index (κ2) is 11.5. The predicted molar refractivity (Wildman–Crippen MR) is 130 cm³/mol. The predicted octanol–water partition coefficient (Wildman–Crippen LogP) is 4.89. The minimum atomic E-state index is -2.68. The molecule has 2 heterocycles. The van der Waals surface area contributed by atoms with Crippen LogP contribution in [-0.4, -0.2) is 61.4 Å². The van der Waals surface area contributed by atoms with Crippen LogP contribution < -0.4 is 20.3 Å². The molecule has 1 aromatic carbocycles. The van der Waals surface area contributed by atoms with Crippen molar-refractivity contribution in [2.75, 3.05) is 49.7 Å². The zero-order valence-electron chi connectivity index (χ0n) is 19.4. The highest BCUT2D eigenvalue weighted by molar-refractivity contribution is 6.31. The van der Waals surface area contributed by atoms with Gasteiger partial charge in [0.25, 0.3) is 5.92 Å². The fourth-order valence-electron chi connectivity index (χ4n) is 4.27. The van der Waals surface area contributed by atoms with Gasteiger partial charge >= 0.3 is 0 Å². The van der Waals surface area contributed by atoms with E-state index < -0.39 is 5.92 Å². The molecule has 0 atom stereocenters. The van der Waals surface area contributed by atoms with Crippen molar-refractivity contribution >= 4 is 28.9 Å². The van der Waals surface area contributed by atoms with Gasteiger partial charge in [-0.2, -0.15) is 4.98 Å². The fourth-order valence-corrected chi connectivity index (χ4v) is 4.42. The van der Waals surface area contributed by atoms with E-state index in [2.05, 4.69) is 37.6 Å². The number of morpholine rings is 1. The van der Waals surface area contributed by atoms with E-state index in [9.17, 15) is 8.78 Å². The van der Waals surface area contributed by atoms with Crippen LogP contribution in [0.4, 0.5) is 26.1 Å². The average Bonchev–Trinajstić information content (AvgIpc) is 2.84. The maximum absolute atomic E-state index is 13.0. The van der Waals surface area contributed by atoms with E-state index in [4.69, 9.17) is 21.1 Å². The molecule has 2 fully saturated rings.